The van der Waals surface area contributed by atoms with Crippen molar-refractivity contribution in [3.63, 3.8) is 0 Å². The number of aliphatic hydroxyl groups is 2. The minimum absolute atomic E-state index is 0.00589. The van der Waals surface area contributed by atoms with Crippen molar-refractivity contribution in [3.8, 4) is 0 Å². The lowest BCUT2D eigenvalue weighted by atomic mass is 9.90. The second-order valence-corrected chi connectivity index (χ2v) is 31.2. The van der Waals surface area contributed by atoms with E-state index in [-0.39, 0.29) is 68.3 Å². The Morgan fingerprint density at radius 1 is 0.455 bits per heavy atom. The van der Waals surface area contributed by atoms with Gasteiger partial charge in [-0.15, -0.1) is 11.8 Å². The van der Waals surface area contributed by atoms with E-state index in [1.54, 1.807) is 41.5 Å². The molecule has 26 nitrogen and oxygen atoms in total. The summed E-state index contributed by atoms with van der Waals surface area (Å²) in [6, 6.07) is -12.7. The number of hydrogen-bond acceptors (Lipinski definition) is 15. The van der Waals surface area contributed by atoms with E-state index in [0.29, 0.717) is 50.8 Å². The Labute approximate surface area is 597 Å². The van der Waals surface area contributed by atoms with Crippen LogP contribution in [0.4, 0.5) is 0 Å². The molecule has 0 unspecified atom stereocenters. The maximum Gasteiger partial charge on any atom is 0.256 e. The molecule has 1 saturated heterocycles. The molecule has 1 rings (SSSR count). The van der Waals surface area contributed by atoms with Crippen LogP contribution in [-0.4, -0.2) is 256 Å². The van der Waals surface area contributed by atoms with Crippen molar-refractivity contribution in [2.75, 3.05) is 68.2 Å². The van der Waals surface area contributed by atoms with Crippen LogP contribution in [0, 0.1) is 41.4 Å². The number of likely N-dealkylation sites (N-methyl/N-ethyl adjacent to an activating group) is 7. The number of nitrogens with zero attached hydrogens (tertiary/aromatic N) is 7. The molecule has 0 aromatic heterocycles. The smallest absolute Gasteiger partial charge is 0.256 e. The van der Waals surface area contributed by atoms with Crippen LogP contribution in [0.1, 0.15) is 208 Å². The minimum Gasteiger partial charge on any atom is -0.396 e. The van der Waals surface area contributed by atoms with E-state index in [4.69, 9.17) is 0 Å². The van der Waals surface area contributed by atoms with Crippen LogP contribution in [0.25, 0.3) is 0 Å². The van der Waals surface area contributed by atoms with Crippen molar-refractivity contribution in [1.29, 1.82) is 0 Å². The number of amides is 12. The van der Waals surface area contributed by atoms with Crippen molar-refractivity contribution in [1.82, 2.24) is 60.9 Å². The third-order valence-corrected chi connectivity index (χ3v) is 20.1. The van der Waals surface area contributed by atoms with Crippen LogP contribution >= 0.6 is 11.8 Å². The number of unbranched alkanes of at least 4 members (excludes halogenated alkanes) is 6. The molecule has 1 aliphatic heterocycles. The zero-order valence-corrected chi connectivity index (χ0v) is 65.6. The molecule has 99 heavy (non-hydrogen) atoms. The summed E-state index contributed by atoms with van der Waals surface area (Å²) in [4.78, 5) is 185. The highest BCUT2D eigenvalue weighted by atomic mass is 32.2. The molecule has 1 aliphatic rings. The first-order valence-electron chi connectivity index (χ1n) is 36.3. The van der Waals surface area contributed by atoms with E-state index in [1.165, 1.54) is 99.5 Å². The average Bonchev–Trinajstić information content (AvgIpc) is 0.809. The highest BCUT2D eigenvalue weighted by molar-refractivity contribution is 8.00. The van der Waals surface area contributed by atoms with Gasteiger partial charge >= 0.3 is 0 Å². The largest absolute Gasteiger partial charge is 0.396 e. The predicted octanol–water partition coefficient (Wildman–Crippen LogP) is 5.00. The summed E-state index contributed by atoms with van der Waals surface area (Å²) in [6.45, 7) is 30.1. The predicted molar refractivity (Wildman–Crippen MR) is 388 cm³/mol. The third kappa shape index (κ3) is 28.3. The van der Waals surface area contributed by atoms with E-state index in [2.05, 4.69) is 26.6 Å². The van der Waals surface area contributed by atoms with Crippen LogP contribution < -0.4 is 26.6 Å². The third-order valence-electron chi connectivity index (χ3n) is 18.7. The molecular formula is C72H132N12O14S. The molecule has 1 fully saturated rings. The molecule has 7 N–H and O–H groups in total. The van der Waals surface area contributed by atoms with Gasteiger partial charge in [0.1, 0.15) is 60.4 Å². The van der Waals surface area contributed by atoms with Gasteiger partial charge in [-0.25, -0.2) is 0 Å². The fraction of sp³-hybridized carbons (Fsp3) is 0.833. The van der Waals surface area contributed by atoms with Crippen LogP contribution in [0.15, 0.2) is 0 Å². The second-order valence-electron chi connectivity index (χ2n) is 30.0. The lowest BCUT2D eigenvalue weighted by Crippen LogP contribution is -2.64. The van der Waals surface area contributed by atoms with E-state index in [9.17, 15) is 39.0 Å². The fourth-order valence-corrected chi connectivity index (χ4v) is 13.8. The lowest BCUT2D eigenvalue weighted by Gasteiger charge is -2.41. The molecule has 0 aliphatic carbocycles. The summed E-state index contributed by atoms with van der Waals surface area (Å²) < 4.78 is 0. The number of carbonyl (C=O) groups excluding carboxylic acids is 12. The quantitative estimate of drug-likeness (QED) is 0.0532. The van der Waals surface area contributed by atoms with Gasteiger partial charge in [0.2, 0.25) is 65.0 Å². The normalized spacial score (nSPS) is 25.4. The summed E-state index contributed by atoms with van der Waals surface area (Å²) in [7, 11) is 10.0. The molecule has 0 aromatic rings. The first kappa shape index (κ1) is 90.9. The molecule has 0 saturated carbocycles. The molecule has 13 atom stereocenters. The van der Waals surface area contributed by atoms with Crippen molar-refractivity contribution in [3.05, 3.63) is 0 Å². The highest BCUT2D eigenvalue weighted by Gasteiger charge is 2.46. The monoisotopic (exact) mass is 1420 g/mol. The summed E-state index contributed by atoms with van der Waals surface area (Å²) >= 11 is 1.16. The van der Waals surface area contributed by atoms with Gasteiger partial charge in [-0.05, 0) is 119 Å². The van der Waals surface area contributed by atoms with Crippen molar-refractivity contribution < 1.29 is 67.7 Å². The minimum atomic E-state index is -1.66. The molecule has 570 valence electrons. The number of thioether (sulfide) groups is 1. The Hall–Kier alpha value is -6.09. The summed E-state index contributed by atoms with van der Waals surface area (Å²) in [5, 5.41) is 34.7. The highest BCUT2D eigenvalue weighted by Crippen LogP contribution is 2.28. The Kier molecular flexibility index (Phi) is 40.7. The van der Waals surface area contributed by atoms with Gasteiger partial charge in [-0.1, -0.05) is 129 Å². The van der Waals surface area contributed by atoms with Crippen LogP contribution in [0.2, 0.25) is 0 Å². The van der Waals surface area contributed by atoms with Gasteiger partial charge < -0.3 is 71.1 Å². The maximum absolute atomic E-state index is 15.5. The van der Waals surface area contributed by atoms with Crippen molar-refractivity contribution >= 4 is 82.6 Å². The Morgan fingerprint density at radius 2 is 0.889 bits per heavy atom. The Morgan fingerprint density at radius 3 is 1.37 bits per heavy atom. The number of hydrogen-bond donors (Lipinski definition) is 7. The Balaban J connectivity index is 4.53. The van der Waals surface area contributed by atoms with Gasteiger partial charge in [0, 0.05) is 69.4 Å². The number of rotatable bonds is 27. The summed E-state index contributed by atoms with van der Waals surface area (Å²) in [6.07, 6.45) is 4.78. The molecule has 0 aromatic carbocycles. The molecule has 0 bridgehead atoms. The molecule has 1 heterocycles. The maximum atomic E-state index is 15.5. The van der Waals surface area contributed by atoms with Gasteiger partial charge in [-0.2, -0.15) is 0 Å². The lowest BCUT2D eigenvalue weighted by molar-refractivity contribution is -0.157. The van der Waals surface area contributed by atoms with Gasteiger partial charge in [0.05, 0.1) is 6.10 Å². The van der Waals surface area contributed by atoms with E-state index in [1.807, 2.05) is 55.4 Å². The van der Waals surface area contributed by atoms with Crippen molar-refractivity contribution in [2.24, 2.45) is 41.4 Å². The molecule has 0 spiro atoms. The second kappa shape index (κ2) is 44.3. The molecule has 0 radical (unpaired) electrons. The number of aliphatic hydroxyl groups excluding tert-OH is 2. The first-order valence-corrected chi connectivity index (χ1v) is 37.3. The fourth-order valence-electron chi connectivity index (χ4n) is 12.5. The van der Waals surface area contributed by atoms with Gasteiger partial charge in [0.25, 0.3) is 5.91 Å². The summed E-state index contributed by atoms with van der Waals surface area (Å²) in [5.41, 5.74) is 0. The van der Waals surface area contributed by atoms with Crippen molar-refractivity contribution in [2.45, 2.75) is 279 Å². The van der Waals surface area contributed by atoms with E-state index >= 15 is 28.8 Å². The molecular weight excluding hydrogens is 1290 g/mol. The standard InChI is InChI=1S/C72H132N12O14S/c1-25-52-66(93)84(24)72(99-37-33-29-28-32-36-85)71(98)79(19)54(39-43(4)5)63(90)77-57(46(10)11)69(96)78(18)53(38-42(2)3)62(89)74-49(15)61(88)75-50(16)65(92)80(20)55(40-44(6)7)67(94)81(21)56(41-45(8)9)68(95)82(22)58(47(12)13)70(97)83(23)59(64(91)76-52)60(87)48(14)34-30-26-27-31-35-73-51(17)86/h42-50,52-60,72,85,87H,25-41H2,1-24H3,(H,73,86)(H,74,89)(H,75,88)(H,76,91)(H,77,90)/t48-,49-,50+,52+,53-,54+,55+,56+,57-,58+,59+,60-,72-/m1/s1. The Bertz CT molecular complexity index is 2630. The van der Waals surface area contributed by atoms with Gasteiger partial charge in [0.15, 0.2) is 5.37 Å². The van der Waals surface area contributed by atoms with Crippen LogP contribution in [0.3, 0.4) is 0 Å². The van der Waals surface area contributed by atoms with Crippen LogP contribution in [-0.2, 0) is 57.5 Å². The number of nitrogens with one attached hydrogen (secondary N) is 5. The zero-order chi connectivity index (χ0) is 76.2. The molecule has 27 heteroatoms. The zero-order valence-electron chi connectivity index (χ0n) is 64.8. The SMILES string of the molecule is CC[C@@H]1NC(=O)[C@H]([C@H](O)[C@H](C)CCCCCCNC(C)=O)N(C)C(=O)[C@H](C(C)C)N(C)C(=O)[C@H](CC(C)C)N(C)C(=O)[C@H](CC(C)C)N(C)C(=O)[C@H](C)NC(=O)[C@@H](C)NC(=O)[C@@H](CC(C)C)N(C)C(=O)[C@@H](C(C)C)NC(=O)[C@H](CC(C)C)N(C)C(=O)[C@@H](SCCCCCCO)N(C)C1=O. The van der Waals surface area contributed by atoms with E-state index < -0.39 is 155 Å². The summed E-state index contributed by atoms with van der Waals surface area (Å²) in [5.74, 6) is -9.83. The average molecular weight is 1420 g/mol. The van der Waals surface area contributed by atoms with Crippen LogP contribution in [0.5, 0.6) is 0 Å². The topological polar surface area (TPSA) is 328 Å². The number of carbonyl (C=O) groups is 12. The van der Waals surface area contributed by atoms with E-state index in [0.717, 1.165) is 35.9 Å². The molecule has 12 amide bonds. The first-order chi connectivity index (χ1) is 46.0. The van der Waals surface area contributed by atoms with Gasteiger partial charge in [-0.3, -0.25) is 57.5 Å².